The number of thiazole rings is 1. The number of benzene rings is 1. The van der Waals surface area contributed by atoms with Gasteiger partial charge in [-0.1, -0.05) is 0 Å². The van der Waals surface area contributed by atoms with E-state index in [1.54, 1.807) is 0 Å². The van der Waals surface area contributed by atoms with Gasteiger partial charge in [0.1, 0.15) is 11.1 Å². The smallest absolute Gasteiger partial charge is 0.270 e. The van der Waals surface area contributed by atoms with Crippen molar-refractivity contribution in [2.45, 2.75) is 13.5 Å². The lowest BCUT2D eigenvalue weighted by atomic mass is 10.1. The molecule has 0 saturated heterocycles. The average Bonchev–Trinajstić information content (AvgIpc) is 2.81. The summed E-state index contributed by atoms with van der Waals surface area (Å²) in [5.41, 5.74) is 1.68. The summed E-state index contributed by atoms with van der Waals surface area (Å²) >= 11 is 1.53. The first kappa shape index (κ1) is 13.0. The van der Waals surface area contributed by atoms with Gasteiger partial charge in [0, 0.05) is 23.2 Å². The summed E-state index contributed by atoms with van der Waals surface area (Å²) < 4.78 is 0. The minimum absolute atomic E-state index is 0.0906. The molecule has 0 aliphatic rings. The molecule has 6 nitrogen and oxygen atoms in total. The fourth-order valence-corrected chi connectivity index (χ4v) is 2.26. The quantitative estimate of drug-likeness (QED) is 0.683. The number of nitrogens with zero attached hydrogens (tertiary/aromatic N) is 3. The van der Waals surface area contributed by atoms with Gasteiger partial charge in [0.15, 0.2) is 0 Å². The highest BCUT2D eigenvalue weighted by molar-refractivity contribution is 7.09. The summed E-state index contributed by atoms with van der Waals surface area (Å²) in [6.07, 6.45) is 0. The van der Waals surface area contributed by atoms with Crippen molar-refractivity contribution in [3.05, 3.63) is 50.0 Å². The zero-order valence-corrected chi connectivity index (χ0v) is 10.9. The molecule has 1 N–H and O–H groups in total. The van der Waals surface area contributed by atoms with Crippen molar-refractivity contribution in [3.8, 4) is 6.07 Å². The molecule has 1 heterocycles. The molecule has 2 rings (SSSR count). The Hall–Kier alpha value is -2.46. The molecular formula is C12H10N4O2S. The second-order valence-corrected chi connectivity index (χ2v) is 4.78. The number of nitriles is 1. The number of hydrogen-bond acceptors (Lipinski definition) is 6. The van der Waals surface area contributed by atoms with Crippen LogP contribution in [0.4, 0.5) is 11.4 Å². The largest absolute Gasteiger partial charge is 0.377 e. The van der Waals surface area contributed by atoms with Crippen LogP contribution < -0.4 is 5.32 Å². The van der Waals surface area contributed by atoms with Crippen molar-refractivity contribution < 1.29 is 4.92 Å². The van der Waals surface area contributed by atoms with Crippen LogP contribution in [0, 0.1) is 28.4 Å². The maximum absolute atomic E-state index is 10.6. The Kier molecular flexibility index (Phi) is 3.73. The van der Waals surface area contributed by atoms with Gasteiger partial charge < -0.3 is 5.32 Å². The molecule has 0 aliphatic carbocycles. The van der Waals surface area contributed by atoms with E-state index in [-0.39, 0.29) is 11.3 Å². The van der Waals surface area contributed by atoms with Crippen LogP contribution in [-0.4, -0.2) is 9.91 Å². The molecule has 1 aromatic heterocycles. The number of nitro benzene ring substituents is 1. The van der Waals surface area contributed by atoms with E-state index in [9.17, 15) is 10.1 Å². The van der Waals surface area contributed by atoms with E-state index in [2.05, 4.69) is 10.3 Å². The fourth-order valence-electron chi connectivity index (χ4n) is 1.55. The first-order valence-electron chi connectivity index (χ1n) is 5.43. The van der Waals surface area contributed by atoms with Crippen molar-refractivity contribution in [2.24, 2.45) is 0 Å². The summed E-state index contributed by atoms with van der Waals surface area (Å²) in [4.78, 5) is 14.4. The second-order valence-electron chi connectivity index (χ2n) is 3.83. The summed E-state index contributed by atoms with van der Waals surface area (Å²) in [6.45, 7) is 2.40. The standard InChI is InChI=1S/C12H10N4O2S/c1-8-7-19-12(15-8)6-14-11-3-2-10(16(17)18)4-9(11)5-13/h2-4,7,14H,6H2,1H3. The zero-order chi connectivity index (χ0) is 13.8. The molecule has 19 heavy (non-hydrogen) atoms. The van der Waals surface area contributed by atoms with E-state index >= 15 is 0 Å². The van der Waals surface area contributed by atoms with Crippen LogP contribution in [0.1, 0.15) is 16.3 Å². The number of anilines is 1. The summed E-state index contributed by atoms with van der Waals surface area (Å²) in [5.74, 6) is 0. The van der Waals surface area contributed by atoms with E-state index in [1.165, 1.54) is 29.5 Å². The molecular weight excluding hydrogens is 264 g/mol. The predicted octanol–water partition coefficient (Wildman–Crippen LogP) is 2.84. The molecule has 0 radical (unpaired) electrons. The van der Waals surface area contributed by atoms with E-state index in [4.69, 9.17) is 5.26 Å². The molecule has 0 spiro atoms. The lowest BCUT2D eigenvalue weighted by Crippen LogP contribution is -2.01. The van der Waals surface area contributed by atoms with Crippen molar-refractivity contribution in [1.82, 2.24) is 4.98 Å². The van der Waals surface area contributed by atoms with E-state index < -0.39 is 4.92 Å². The lowest BCUT2D eigenvalue weighted by molar-refractivity contribution is -0.384. The zero-order valence-electron chi connectivity index (χ0n) is 10.1. The van der Waals surface area contributed by atoms with Gasteiger partial charge in [-0.15, -0.1) is 11.3 Å². The van der Waals surface area contributed by atoms with Gasteiger partial charge in [0.25, 0.3) is 5.69 Å². The van der Waals surface area contributed by atoms with E-state index in [0.29, 0.717) is 12.2 Å². The molecule has 0 fully saturated rings. The Morgan fingerprint density at radius 3 is 2.95 bits per heavy atom. The minimum atomic E-state index is -0.519. The predicted molar refractivity (Wildman–Crippen MR) is 72.0 cm³/mol. The van der Waals surface area contributed by atoms with Crippen LogP contribution >= 0.6 is 11.3 Å². The Morgan fingerprint density at radius 1 is 1.58 bits per heavy atom. The monoisotopic (exact) mass is 274 g/mol. The van der Waals surface area contributed by atoms with Crippen LogP contribution in [0.3, 0.4) is 0 Å². The molecule has 0 atom stereocenters. The number of non-ortho nitro benzene ring substituents is 1. The van der Waals surface area contributed by atoms with Crippen LogP contribution in [-0.2, 0) is 6.54 Å². The van der Waals surface area contributed by atoms with Gasteiger partial charge in [-0.2, -0.15) is 5.26 Å². The number of nitro groups is 1. The van der Waals surface area contributed by atoms with E-state index in [0.717, 1.165) is 10.7 Å². The maximum atomic E-state index is 10.6. The molecule has 7 heteroatoms. The molecule has 2 aromatic rings. The highest BCUT2D eigenvalue weighted by Gasteiger charge is 2.10. The summed E-state index contributed by atoms with van der Waals surface area (Å²) in [7, 11) is 0. The van der Waals surface area contributed by atoms with Crippen LogP contribution in [0.2, 0.25) is 0 Å². The van der Waals surface area contributed by atoms with Crippen LogP contribution in [0.15, 0.2) is 23.6 Å². The second kappa shape index (κ2) is 5.46. The van der Waals surface area contributed by atoms with Gasteiger partial charge in [0.05, 0.1) is 22.7 Å². The number of hydrogen-bond donors (Lipinski definition) is 1. The Labute approximate surface area is 113 Å². The third-order valence-electron chi connectivity index (χ3n) is 2.43. The number of nitrogens with one attached hydrogen (secondary N) is 1. The van der Waals surface area contributed by atoms with Gasteiger partial charge in [-0.3, -0.25) is 10.1 Å². The van der Waals surface area contributed by atoms with Crippen LogP contribution in [0.25, 0.3) is 0 Å². The summed E-state index contributed by atoms with van der Waals surface area (Å²) in [6, 6.07) is 6.12. The average molecular weight is 274 g/mol. The first-order valence-corrected chi connectivity index (χ1v) is 6.31. The molecule has 0 unspecified atom stereocenters. The van der Waals surface area contributed by atoms with Crippen molar-refractivity contribution >= 4 is 22.7 Å². The molecule has 0 saturated carbocycles. The fraction of sp³-hybridized carbons (Fsp3) is 0.167. The Balaban J connectivity index is 2.16. The number of aryl methyl sites for hydroxylation is 1. The van der Waals surface area contributed by atoms with Crippen molar-refractivity contribution in [2.75, 3.05) is 5.32 Å². The molecule has 0 amide bonds. The Bertz CT molecular complexity index is 660. The number of rotatable bonds is 4. The molecule has 0 bridgehead atoms. The van der Waals surface area contributed by atoms with Crippen molar-refractivity contribution in [1.29, 1.82) is 5.26 Å². The number of aromatic nitrogens is 1. The van der Waals surface area contributed by atoms with Gasteiger partial charge in [0.2, 0.25) is 0 Å². The van der Waals surface area contributed by atoms with Crippen LogP contribution in [0.5, 0.6) is 0 Å². The third kappa shape index (κ3) is 3.05. The molecule has 1 aromatic carbocycles. The van der Waals surface area contributed by atoms with Gasteiger partial charge >= 0.3 is 0 Å². The molecule has 0 aliphatic heterocycles. The minimum Gasteiger partial charge on any atom is -0.377 e. The van der Waals surface area contributed by atoms with Gasteiger partial charge in [-0.05, 0) is 13.0 Å². The maximum Gasteiger partial charge on any atom is 0.270 e. The Morgan fingerprint density at radius 2 is 2.37 bits per heavy atom. The SMILES string of the molecule is Cc1csc(CNc2ccc([N+](=O)[O-])cc2C#N)n1. The topological polar surface area (TPSA) is 91.9 Å². The first-order chi connectivity index (χ1) is 9.10. The molecule has 96 valence electrons. The summed E-state index contributed by atoms with van der Waals surface area (Å²) in [5, 5.41) is 25.5. The van der Waals surface area contributed by atoms with Gasteiger partial charge in [-0.25, -0.2) is 4.98 Å². The highest BCUT2D eigenvalue weighted by atomic mass is 32.1. The highest BCUT2D eigenvalue weighted by Crippen LogP contribution is 2.22. The lowest BCUT2D eigenvalue weighted by Gasteiger charge is -2.06. The van der Waals surface area contributed by atoms with Crippen molar-refractivity contribution in [3.63, 3.8) is 0 Å². The third-order valence-corrected chi connectivity index (χ3v) is 3.40. The normalized spacial score (nSPS) is 9.89. The van der Waals surface area contributed by atoms with E-state index in [1.807, 2.05) is 18.4 Å².